The topological polar surface area (TPSA) is 75.6 Å². The molecule has 0 amide bonds. The summed E-state index contributed by atoms with van der Waals surface area (Å²) in [6, 6.07) is 41.7. The van der Waals surface area contributed by atoms with E-state index in [1.807, 2.05) is 78.9 Å². The van der Waals surface area contributed by atoms with Gasteiger partial charge in [-0.25, -0.2) is 0 Å². The van der Waals surface area contributed by atoms with Crippen molar-refractivity contribution in [2.75, 3.05) is 0 Å². The van der Waals surface area contributed by atoms with Crippen molar-refractivity contribution in [1.82, 2.24) is 15.0 Å². The summed E-state index contributed by atoms with van der Waals surface area (Å²) < 4.78 is 101. The highest BCUT2D eigenvalue weighted by Gasteiger charge is 2.25. The molecule has 9 rings (SSSR count). The molecule has 5 heteroatoms. The van der Waals surface area contributed by atoms with Crippen LogP contribution >= 0.6 is 0 Å². The lowest BCUT2D eigenvalue weighted by Crippen LogP contribution is -2.23. The number of para-hydroxylation sites is 1. The molecule has 298 valence electrons. The van der Waals surface area contributed by atoms with Crippen LogP contribution in [0.4, 0.5) is 0 Å². The van der Waals surface area contributed by atoms with Crippen LogP contribution in [-0.4, -0.2) is 15.0 Å². The molecule has 9 aromatic rings. The molecule has 0 unspecified atom stereocenters. The SMILES string of the molecule is [2H]c1cc2c(oc3c(-c4ccc(C([2H])([2H])C([2H])([2H])c5cc(C([2H])([2H])C(C)(C)c6ccc(-c7ccccc7)nc6)cc(C([2H])([2H])C(C)(C)c6ccc(-c7ccccc7)nc6)c5)cn4)cccc32)c([2H])c1C#N. The molecule has 0 aliphatic rings. The maximum Gasteiger partial charge on any atom is 0.144 e. The molecule has 5 aromatic carbocycles. The molecule has 0 radical (unpaired) electrons. The van der Waals surface area contributed by atoms with Gasteiger partial charge in [0.15, 0.2) is 0 Å². The summed E-state index contributed by atoms with van der Waals surface area (Å²) in [6.45, 7) is 6.86. The molecule has 0 bridgehead atoms. The van der Waals surface area contributed by atoms with Gasteiger partial charge in [-0.2, -0.15) is 5.26 Å². The van der Waals surface area contributed by atoms with Gasteiger partial charge in [-0.1, -0.05) is 137 Å². The summed E-state index contributed by atoms with van der Waals surface area (Å²) >= 11 is 0. The van der Waals surface area contributed by atoms with E-state index in [0.717, 1.165) is 11.1 Å². The van der Waals surface area contributed by atoms with Crippen LogP contribution in [0.2, 0.25) is 0 Å². The first-order valence-corrected chi connectivity index (χ1v) is 20.1. The van der Waals surface area contributed by atoms with Gasteiger partial charge in [-0.15, -0.1) is 0 Å². The number of hydrogen-bond acceptors (Lipinski definition) is 5. The van der Waals surface area contributed by atoms with Crippen LogP contribution in [0.5, 0.6) is 0 Å². The van der Waals surface area contributed by atoms with Crippen LogP contribution in [0, 0.1) is 11.3 Å². The Bertz CT molecular complexity index is 3370. The molecule has 61 heavy (non-hydrogen) atoms. The van der Waals surface area contributed by atoms with Crippen molar-refractivity contribution in [3.8, 4) is 39.8 Å². The Morgan fingerprint density at radius 3 is 1.67 bits per heavy atom. The van der Waals surface area contributed by atoms with E-state index in [0.29, 0.717) is 50.1 Å². The molecule has 4 aromatic heterocycles. The minimum absolute atomic E-state index is 0.0540. The molecule has 0 spiro atoms. The highest BCUT2D eigenvalue weighted by Crippen LogP contribution is 2.36. The van der Waals surface area contributed by atoms with E-state index < -0.39 is 36.3 Å². The Labute approximate surface area is 372 Å². The third-order valence-corrected chi connectivity index (χ3v) is 10.8. The third kappa shape index (κ3) is 8.49. The molecule has 0 saturated carbocycles. The van der Waals surface area contributed by atoms with E-state index in [2.05, 4.69) is 15.0 Å². The van der Waals surface area contributed by atoms with Crippen molar-refractivity contribution in [2.45, 2.75) is 64.0 Å². The summed E-state index contributed by atoms with van der Waals surface area (Å²) in [5, 5.41) is 10.6. The second-order valence-electron chi connectivity index (χ2n) is 16.0. The first kappa shape index (κ1) is 29.1. The summed E-state index contributed by atoms with van der Waals surface area (Å²) in [5.74, 6) is 0. The fourth-order valence-corrected chi connectivity index (χ4v) is 7.50. The van der Waals surface area contributed by atoms with Gasteiger partial charge in [-0.05, 0) is 112 Å². The summed E-state index contributed by atoms with van der Waals surface area (Å²) in [6.07, 6.45) is -5.88. The number of fused-ring (bicyclic) bond motifs is 3. The average molecular weight is 803 g/mol. The molecule has 0 N–H and O–H groups in total. The van der Waals surface area contributed by atoms with Gasteiger partial charge in [0.2, 0.25) is 0 Å². The fraction of sp³-hybridized carbons (Fsp3) is 0.179. The Kier molecular flexibility index (Phi) is 7.87. The highest BCUT2D eigenvalue weighted by molar-refractivity contribution is 6.09. The number of pyridine rings is 3. The number of hydrogen-bond donors (Lipinski definition) is 0. The van der Waals surface area contributed by atoms with E-state index in [4.69, 9.17) is 7.16 Å². The molecule has 0 aliphatic heterocycles. The molecule has 0 fully saturated rings. The van der Waals surface area contributed by atoms with Gasteiger partial charge in [0.05, 0.1) is 31.5 Å². The van der Waals surface area contributed by atoms with Crippen molar-refractivity contribution in [1.29, 1.82) is 5.26 Å². The lowest BCUT2D eigenvalue weighted by Gasteiger charge is -2.28. The first-order valence-electron chi connectivity index (χ1n) is 25.1. The molecule has 0 saturated heterocycles. The van der Waals surface area contributed by atoms with Crippen molar-refractivity contribution in [3.05, 3.63) is 209 Å². The maximum absolute atomic E-state index is 9.85. The lowest BCUT2D eigenvalue weighted by atomic mass is 9.77. The molecular formula is C56H48N4O. The van der Waals surface area contributed by atoms with Crippen LogP contribution in [0.25, 0.3) is 55.7 Å². The van der Waals surface area contributed by atoms with Crippen LogP contribution in [-0.2, 0) is 36.3 Å². The number of aryl methyl sites for hydroxylation is 2. The molecule has 5 nitrogen and oxygen atoms in total. The van der Waals surface area contributed by atoms with E-state index in [-0.39, 0.29) is 45.5 Å². The summed E-state index contributed by atoms with van der Waals surface area (Å²) in [5.41, 5.74) is 2.26. The fourth-order valence-electron chi connectivity index (χ4n) is 7.50. The normalized spacial score (nSPS) is 15.2. The summed E-state index contributed by atoms with van der Waals surface area (Å²) in [7, 11) is 0. The quantitative estimate of drug-likeness (QED) is 0.123. The number of aromatic nitrogens is 3. The molecule has 4 heterocycles. The van der Waals surface area contributed by atoms with E-state index in [1.54, 1.807) is 70.4 Å². The Balaban J connectivity index is 1.13. The number of rotatable bonds is 12. The van der Waals surface area contributed by atoms with Gasteiger partial charge in [-0.3, -0.25) is 15.0 Å². The van der Waals surface area contributed by atoms with Gasteiger partial charge in [0, 0.05) is 57.0 Å². The predicted octanol–water partition coefficient (Wildman–Crippen LogP) is 13.5. The third-order valence-electron chi connectivity index (χ3n) is 10.8. The minimum Gasteiger partial charge on any atom is -0.455 e. The van der Waals surface area contributed by atoms with E-state index in [1.165, 1.54) is 42.6 Å². The lowest BCUT2D eigenvalue weighted by molar-refractivity contribution is 0.512. The van der Waals surface area contributed by atoms with Crippen LogP contribution in [0.15, 0.2) is 175 Å². The van der Waals surface area contributed by atoms with Crippen LogP contribution in [0.3, 0.4) is 0 Å². The van der Waals surface area contributed by atoms with Gasteiger partial charge < -0.3 is 4.42 Å². The number of furan rings is 1. The average Bonchev–Trinajstić information content (AvgIpc) is 3.75. The van der Waals surface area contributed by atoms with Gasteiger partial charge in [0.1, 0.15) is 11.2 Å². The molecule has 0 atom stereocenters. The van der Waals surface area contributed by atoms with Crippen molar-refractivity contribution in [3.63, 3.8) is 0 Å². The Morgan fingerprint density at radius 2 is 1.13 bits per heavy atom. The van der Waals surface area contributed by atoms with Gasteiger partial charge in [0.25, 0.3) is 0 Å². The zero-order valence-corrected chi connectivity index (χ0v) is 34.2. The molecule has 0 aliphatic carbocycles. The van der Waals surface area contributed by atoms with Crippen molar-refractivity contribution < 1.29 is 18.1 Å². The van der Waals surface area contributed by atoms with Crippen molar-refractivity contribution in [2.24, 2.45) is 0 Å². The Hall–Kier alpha value is -7.16. The van der Waals surface area contributed by atoms with Crippen molar-refractivity contribution >= 4 is 21.9 Å². The van der Waals surface area contributed by atoms with E-state index >= 15 is 0 Å². The Morgan fingerprint density at radius 1 is 0.574 bits per heavy atom. The van der Waals surface area contributed by atoms with Gasteiger partial charge >= 0.3 is 0 Å². The second kappa shape index (κ2) is 16.5. The number of nitriles is 1. The standard InChI is InChI=1S/C56H48N4O/c1-55(2,45-22-26-50(59-36-45)43-12-7-5-8-13-43)32-41-28-39(29-42(30-41)33-56(3,4)46-23-27-51(60-37-46)44-14-9-6-10-15-44)19-18-38-21-25-52(58-35-38)49-17-11-16-48-47-24-20-40(34-57)31-53(47)61-54(48)49/h5-17,20-31,35-37H,18-19,32-33H2,1-4H3/i18D2,19D2,20D,31D,32D2,33D2. The minimum atomic E-state index is -2.91. The zero-order valence-electron chi connectivity index (χ0n) is 44.2. The first-order chi connectivity index (χ1) is 33.5. The largest absolute Gasteiger partial charge is 0.455 e. The van der Waals surface area contributed by atoms with Crippen LogP contribution < -0.4 is 0 Å². The van der Waals surface area contributed by atoms with Crippen LogP contribution in [0.1, 0.15) is 80.3 Å². The summed E-state index contributed by atoms with van der Waals surface area (Å²) in [4.78, 5) is 13.9. The van der Waals surface area contributed by atoms with E-state index in [9.17, 15) is 16.2 Å². The maximum atomic E-state index is 9.85. The second-order valence-corrected chi connectivity index (χ2v) is 16.0. The monoisotopic (exact) mass is 802 g/mol. The highest BCUT2D eigenvalue weighted by atomic mass is 16.3. The zero-order chi connectivity index (χ0) is 50.9. The number of nitrogens with zero attached hydrogens (tertiary/aromatic N) is 4. The number of benzene rings is 5. The molecular weight excluding hydrogens is 745 g/mol. The predicted molar refractivity (Wildman–Crippen MR) is 248 cm³/mol. The smallest absolute Gasteiger partial charge is 0.144 e.